The molecule has 0 aromatic carbocycles. The monoisotopic (exact) mass is 334 g/mol. The number of aliphatic hydroxyl groups excluding tert-OH is 1. The van der Waals surface area contributed by atoms with Crippen LogP contribution in [0.25, 0.3) is 11.4 Å². The van der Waals surface area contributed by atoms with E-state index in [1.54, 1.807) is 18.6 Å². The van der Waals surface area contributed by atoms with Crippen LogP contribution in [0.5, 0.6) is 0 Å². The van der Waals surface area contributed by atoms with Crippen molar-refractivity contribution in [2.75, 3.05) is 13.2 Å². The number of aromatic nitrogens is 4. The molecule has 2 saturated heterocycles. The van der Waals surface area contributed by atoms with Gasteiger partial charge in [0, 0.05) is 24.8 Å². The Hall–Kier alpha value is -2.36. The van der Waals surface area contributed by atoms with Gasteiger partial charge < -0.3 is 24.3 Å². The van der Waals surface area contributed by atoms with Gasteiger partial charge in [0.15, 0.2) is 0 Å². The van der Waals surface area contributed by atoms with Crippen LogP contribution >= 0.6 is 0 Å². The number of hydrogen-bond acceptors (Lipinski definition) is 7. The molecule has 9 heteroatoms. The molecule has 2 aromatic heterocycles. The van der Waals surface area contributed by atoms with Crippen LogP contribution in [0.1, 0.15) is 11.9 Å². The molecule has 4 atom stereocenters. The van der Waals surface area contributed by atoms with Crippen molar-refractivity contribution in [2.45, 2.75) is 31.3 Å². The Morgan fingerprint density at radius 1 is 1.21 bits per heavy atom. The Kier molecular flexibility index (Phi) is 4.84. The Balaban J connectivity index is 0.000000526. The number of fused-ring (bicyclic) bond motifs is 1. The molecular formula is C15H18N4O5. The zero-order chi connectivity index (χ0) is 17.1. The third kappa shape index (κ3) is 3.01. The van der Waals surface area contributed by atoms with Crippen LogP contribution in [0.3, 0.4) is 0 Å². The molecule has 2 fully saturated rings. The van der Waals surface area contributed by atoms with Gasteiger partial charge in [-0.3, -0.25) is 4.79 Å². The van der Waals surface area contributed by atoms with Crippen LogP contribution in [-0.2, 0) is 14.3 Å². The van der Waals surface area contributed by atoms with Crippen LogP contribution in [0, 0.1) is 6.92 Å². The zero-order valence-corrected chi connectivity index (χ0v) is 13.0. The van der Waals surface area contributed by atoms with Crippen LogP contribution in [0.2, 0.25) is 0 Å². The lowest BCUT2D eigenvalue weighted by atomic mass is 10.1. The minimum absolute atomic E-state index is 0.00551. The van der Waals surface area contributed by atoms with Gasteiger partial charge in [0.1, 0.15) is 30.0 Å². The summed E-state index contributed by atoms with van der Waals surface area (Å²) in [5, 5.41) is 16.7. The molecule has 2 aromatic rings. The van der Waals surface area contributed by atoms with Crippen LogP contribution in [-0.4, -0.2) is 67.7 Å². The fourth-order valence-electron chi connectivity index (χ4n) is 3.01. The molecular weight excluding hydrogens is 316 g/mol. The summed E-state index contributed by atoms with van der Waals surface area (Å²) in [7, 11) is 0. The first kappa shape index (κ1) is 16.5. The van der Waals surface area contributed by atoms with Crippen LogP contribution in [0.4, 0.5) is 0 Å². The van der Waals surface area contributed by atoms with E-state index < -0.39 is 6.10 Å². The quantitative estimate of drug-likeness (QED) is 0.739. The smallest absolute Gasteiger partial charge is 0.290 e. The van der Waals surface area contributed by atoms with Gasteiger partial charge in [-0.15, -0.1) is 0 Å². The number of imidazole rings is 1. The Bertz CT molecular complexity index is 689. The fourth-order valence-corrected chi connectivity index (χ4v) is 3.01. The molecule has 4 rings (SSSR count). The summed E-state index contributed by atoms with van der Waals surface area (Å²) in [4.78, 5) is 21.2. The van der Waals surface area contributed by atoms with Crippen molar-refractivity contribution < 1.29 is 24.5 Å². The zero-order valence-electron chi connectivity index (χ0n) is 13.0. The van der Waals surface area contributed by atoms with Gasteiger partial charge in [0.2, 0.25) is 0 Å². The SMILES string of the molecule is Cc1ncc(-c2nccn2[C@@H]2CO[C@H]3[C@@H]2OC[C@H]3O)cn1.O=CO. The van der Waals surface area contributed by atoms with Crippen LogP contribution < -0.4 is 0 Å². The van der Waals surface area contributed by atoms with E-state index in [0.29, 0.717) is 13.2 Å². The van der Waals surface area contributed by atoms with E-state index in [1.807, 2.05) is 17.7 Å². The number of nitrogens with zero attached hydrogens (tertiary/aromatic N) is 4. The number of carbonyl (C=O) groups is 1. The lowest BCUT2D eigenvalue weighted by Gasteiger charge is -2.19. The lowest BCUT2D eigenvalue weighted by Crippen LogP contribution is -2.30. The number of aliphatic hydroxyl groups is 1. The number of hydrogen-bond donors (Lipinski definition) is 2. The summed E-state index contributed by atoms with van der Waals surface area (Å²) in [5.74, 6) is 1.51. The highest BCUT2D eigenvalue weighted by atomic mass is 16.6. The summed E-state index contributed by atoms with van der Waals surface area (Å²) >= 11 is 0. The Morgan fingerprint density at radius 3 is 2.58 bits per heavy atom. The molecule has 2 aliphatic heterocycles. The third-order valence-corrected chi connectivity index (χ3v) is 4.07. The molecule has 0 amide bonds. The van der Waals surface area contributed by atoms with E-state index >= 15 is 0 Å². The minimum atomic E-state index is -0.547. The number of carboxylic acid groups (broad SMARTS) is 1. The standard InChI is InChI=1S/C14H16N4O3.CH2O2/c1-8-16-4-9(5-17-8)14-15-2-3-18(14)10-6-20-13-11(19)7-21-12(10)13;2-1-3/h2-5,10-13,19H,6-7H2,1H3;1H,(H,2,3)/t10-,11-,12-,13-;/m1./s1. The second kappa shape index (κ2) is 7.04. The van der Waals surface area contributed by atoms with Gasteiger partial charge >= 0.3 is 0 Å². The summed E-state index contributed by atoms with van der Waals surface area (Å²) in [6, 6.07) is 0.00551. The highest BCUT2D eigenvalue weighted by Crippen LogP contribution is 2.36. The lowest BCUT2D eigenvalue weighted by molar-refractivity contribution is -0.122. The third-order valence-electron chi connectivity index (χ3n) is 4.07. The molecule has 128 valence electrons. The molecule has 9 nitrogen and oxygen atoms in total. The summed E-state index contributed by atoms with van der Waals surface area (Å²) < 4.78 is 13.4. The van der Waals surface area contributed by atoms with Gasteiger partial charge in [-0.2, -0.15) is 0 Å². The molecule has 0 unspecified atom stereocenters. The molecule has 0 aliphatic carbocycles. The van der Waals surface area contributed by atoms with E-state index in [9.17, 15) is 5.11 Å². The Labute approximate surface area is 137 Å². The predicted molar refractivity (Wildman–Crippen MR) is 81.2 cm³/mol. The van der Waals surface area contributed by atoms with Crippen molar-refractivity contribution in [3.8, 4) is 11.4 Å². The molecule has 0 saturated carbocycles. The predicted octanol–water partition coefficient (Wildman–Crippen LogP) is 0.0489. The normalized spacial score (nSPS) is 28.1. The molecule has 24 heavy (non-hydrogen) atoms. The van der Waals surface area contributed by atoms with Gasteiger partial charge in [-0.05, 0) is 6.92 Å². The van der Waals surface area contributed by atoms with Gasteiger partial charge in [0.25, 0.3) is 6.47 Å². The fraction of sp³-hybridized carbons (Fsp3) is 0.467. The first-order chi connectivity index (χ1) is 11.7. The molecule has 0 radical (unpaired) electrons. The van der Waals surface area contributed by atoms with Crippen LogP contribution in [0.15, 0.2) is 24.8 Å². The molecule has 2 aliphatic rings. The van der Waals surface area contributed by atoms with Gasteiger partial charge in [-0.25, -0.2) is 15.0 Å². The highest BCUT2D eigenvalue weighted by Gasteiger charge is 2.48. The highest BCUT2D eigenvalue weighted by molar-refractivity contribution is 5.52. The average Bonchev–Trinajstić information content (AvgIpc) is 3.27. The van der Waals surface area contributed by atoms with Crippen molar-refractivity contribution in [1.82, 2.24) is 19.5 Å². The maximum absolute atomic E-state index is 9.84. The maximum Gasteiger partial charge on any atom is 0.290 e. The van der Waals surface area contributed by atoms with Crippen molar-refractivity contribution >= 4 is 6.47 Å². The van der Waals surface area contributed by atoms with Gasteiger partial charge in [-0.1, -0.05) is 0 Å². The van der Waals surface area contributed by atoms with Crippen molar-refractivity contribution in [2.24, 2.45) is 0 Å². The second-order valence-corrected chi connectivity index (χ2v) is 5.51. The van der Waals surface area contributed by atoms with Crippen molar-refractivity contribution in [1.29, 1.82) is 0 Å². The van der Waals surface area contributed by atoms with Crippen molar-refractivity contribution in [3.63, 3.8) is 0 Å². The molecule has 0 spiro atoms. The van der Waals surface area contributed by atoms with E-state index in [4.69, 9.17) is 19.4 Å². The number of ether oxygens (including phenoxy) is 2. The number of aryl methyl sites for hydroxylation is 1. The second-order valence-electron chi connectivity index (χ2n) is 5.51. The molecule has 0 bridgehead atoms. The number of rotatable bonds is 2. The van der Waals surface area contributed by atoms with E-state index in [0.717, 1.165) is 17.2 Å². The van der Waals surface area contributed by atoms with E-state index in [1.165, 1.54) is 0 Å². The largest absolute Gasteiger partial charge is 0.483 e. The Morgan fingerprint density at radius 2 is 1.88 bits per heavy atom. The first-order valence-corrected chi connectivity index (χ1v) is 7.46. The first-order valence-electron chi connectivity index (χ1n) is 7.46. The van der Waals surface area contributed by atoms with E-state index in [-0.39, 0.29) is 24.7 Å². The van der Waals surface area contributed by atoms with Gasteiger partial charge in [0.05, 0.1) is 24.8 Å². The minimum Gasteiger partial charge on any atom is -0.483 e. The molecule has 2 N–H and O–H groups in total. The van der Waals surface area contributed by atoms with E-state index in [2.05, 4.69) is 15.0 Å². The summed E-state index contributed by atoms with van der Waals surface area (Å²) in [5.41, 5.74) is 0.854. The maximum atomic E-state index is 9.84. The summed E-state index contributed by atoms with van der Waals surface area (Å²) in [6.45, 7) is 2.42. The summed E-state index contributed by atoms with van der Waals surface area (Å²) in [6.07, 6.45) is 6.24. The average molecular weight is 334 g/mol. The topological polar surface area (TPSA) is 120 Å². The van der Waals surface area contributed by atoms with Crippen molar-refractivity contribution in [3.05, 3.63) is 30.6 Å². The molecule has 4 heterocycles.